The number of benzene rings is 1. The molecule has 0 aliphatic carbocycles. The van der Waals surface area contributed by atoms with E-state index in [2.05, 4.69) is 9.72 Å². The van der Waals surface area contributed by atoms with Crippen molar-refractivity contribution in [2.75, 3.05) is 0 Å². The maximum atomic E-state index is 13.3. The van der Waals surface area contributed by atoms with Gasteiger partial charge < -0.3 is 4.74 Å². The summed E-state index contributed by atoms with van der Waals surface area (Å²) in [6, 6.07) is 4.36. The van der Waals surface area contributed by atoms with Gasteiger partial charge in [-0.15, -0.1) is 0 Å². The van der Waals surface area contributed by atoms with Crippen LogP contribution in [-0.2, 0) is 6.61 Å². The van der Waals surface area contributed by atoms with Crippen molar-refractivity contribution in [3.8, 4) is 5.75 Å². The third-order valence-electron chi connectivity index (χ3n) is 2.31. The molecule has 0 aliphatic heterocycles. The van der Waals surface area contributed by atoms with Gasteiger partial charge in [0.15, 0.2) is 5.75 Å². The minimum absolute atomic E-state index is 0.100. The molecule has 1 aromatic heterocycles. The fourth-order valence-corrected chi connectivity index (χ4v) is 1.57. The Kier molecular flexibility index (Phi) is 4.08. The smallest absolute Gasteiger partial charge is 0.207 e. The van der Waals surface area contributed by atoms with Crippen molar-refractivity contribution in [3.63, 3.8) is 0 Å². The predicted molar refractivity (Wildman–Crippen MR) is 59.8 cm³/mol. The van der Waals surface area contributed by atoms with E-state index in [0.29, 0.717) is 0 Å². The molecule has 20 heavy (non-hydrogen) atoms. The highest BCUT2D eigenvalue weighted by Crippen LogP contribution is 2.29. The van der Waals surface area contributed by atoms with E-state index in [9.17, 15) is 22.0 Å². The average Bonchev–Trinajstić information content (AvgIpc) is 2.43. The predicted octanol–water partition coefficient (Wildman–Crippen LogP) is 4.01. The highest BCUT2D eigenvalue weighted by molar-refractivity contribution is 6.29. The first-order chi connectivity index (χ1) is 9.41. The Labute approximate surface area is 114 Å². The van der Waals surface area contributed by atoms with E-state index in [1.54, 1.807) is 0 Å². The van der Waals surface area contributed by atoms with Crippen LogP contribution in [0.5, 0.6) is 5.75 Å². The van der Waals surface area contributed by atoms with Gasteiger partial charge in [0.2, 0.25) is 29.1 Å². The third-order valence-corrected chi connectivity index (χ3v) is 2.52. The minimum atomic E-state index is -2.24. The van der Waals surface area contributed by atoms with E-state index < -0.39 is 41.4 Å². The van der Waals surface area contributed by atoms with Gasteiger partial charge in [-0.3, -0.25) is 0 Å². The van der Waals surface area contributed by atoms with Gasteiger partial charge in [-0.1, -0.05) is 17.7 Å². The topological polar surface area (TPSA) is 22.1 Å². The fraction of sp³-hybridized carbons (Fsp3) is 0.0833. The highest BCUT2D eigenvalue weighted by atomic mass is 35.5. The van der Waals surface area contributed by atoms with Gasteiger partial charge in [-0.25, -0.2) is 18.2 Å². The number of pyridine rings is 1. The highest BCUT2D eigenvalue weighted by Gasteiger charge is 2.27. The number of hydrogen-bond donors (Lipinski definition) is 0. The lowest BCUT2D eigenvalue weighted by Crippen LogP contribution is -2.07. The van der Waals surface area contributed by atoms with Gasteiger partial charge in [0.1, 0.15) is 11.8 Å². The molecule has 0 radical (unpaired) electrons. The van der Waals surface area contributed by atoms with Crippen LogP contribution >= 0.6 is 11.6 Å². The van der Waals surface area contributed by atoms with E-state index >= 15 is 0 Å². The zero-order valence-corrected chi connectivity index (χ0v) is 10.3. The second kappa shape index (κ2) is 5.62. The number of hydrogen-bond acceptors (Lipinski definition) is 2. The van der Waals surface area contributed by atoms with Gasteiger partial charge in [0.05, 0.1) is 5.69 Å². The number of ether oxygens (including phenoxy) is 1. The van der Waals surface area contributed by atoms with Gasteiger partial charge in [0, 0.05) is 0 Å². The van der Waals surface area contributed by atoms with Gasteiger partial charge in [-0.2, -0.15) is 8.78 Å². The molecule has 0 unspecified atom stereocenters. The van der Waals surface area contributed by atoms with Crippen LogP contribution in [0.1, 0.15) is 5.69 Å². The van der Waals surface area contributed by atoms with Crippen molar-refractivity contribution in [2.24, 2.45) is 0 Å². The molecule has 0 fully saturated rings. The van der Waals surface area contributed by atoms with Crippen molar-refractivity contribution in [1.82, 2.24) is 4.98 Å². The number of rotatable bonds is 3. The summed E-state index contributed by atoms with van der Waals surface area (Å²) in [6.45, 7) is -0.501. The van der Waals surface area contributed by atoms with Gasteiger partial charge >= 0.3 is 0 Å². The first-order valence-electron chi connectivity index (χ1n) is 5.17. The summed E-state index contributed by atoms with van der Waals surface area (Å²) in [5.74, 6) is -11.8. The molecule has 0 amide bonds. The summed E-state index contributed by atoms with van der Waals surface area (Å²) in [5, 5.41) is 0.100. The van der Waals surface area contributed by atoms with Gasteiger partial charge in [-0.05, 0) is 12.1 Å². The Balaban J connectivity index is 2.30. The quantitative estimate of drug-likeness (QED) is 0.370. The second-order valence-corrected chi connectivity index (χ2v) is 4.03. The SMILES string of the molecule is Fc1c(F)c(F)c(OCc2cccc(Cl)n2)c(F)c1F. The van der Waals surface area contributed by atoms with Crippen LogP contribution in [-0.4, -0.2) is 4.98 Å². The molecule has 0 N–H and O–H groups in total. The zero-order chi connectivity index (χ0) is 14.9. The van der Waals surface area contributed by atoms with Crippen molar-refractivity contribution in [2.45, 2.75) is 6.61 Å². The van der Waals surface area contributed by atoms with Crippen molar-refractivity contribution in [3.05, 3.63) is 58.1 Å². The molecular formula is C12H5ClF5NO. The monoisotopic (exact) mass is 309 g/mol. The number of nitrogens with zero attached hydrogens (tertiary/aromatic N) is 1. The normalized spacial score (nSPS) is 10.7. The number of aromatic nitrogens is 1. The summed E-state index contributed by atoms with van der Waals surface area (Å²) in [4.78, 5) is 3.74. The Hall–Kier alpha value is -1.89. The molecule has 8 heteroatoms. The van der Waals surface area contributed by atoms with E-state index in [1.165, 1.54) is 18.2 Å². The standard InChI is InChI=1S/C12H5ClF5NO/c13-6-3-1-2-5(19-6)4-20-12-10(17)8(15)7(14)9(16)11(12)18/h1-3H,4H2. The van der Waals surface area contributed by atoms with Crippen molar-refractivity contribution < 1.29 is 26.7 Å². The Morgan fingerprint density at radius 1 is 0.900 bits per heavy atom. The lowest BCUT2D eigenvalue weighted by molar-refractivity contribution is 0.250. The van der Waals surface area contributed by atoms with Crippen LogP contribution in [0.3, 0.4) is 0 Å². The number of halogens is 6. The summed E-state index contributed by atoms with van der Waals surface area (Å²) in [7, 11) is 0. The van der Waals surface area contributed by atoms with E-state index in [4.69, 9.17) is 11.6 Å². The molecular weight excluding hydrogens is 305 g/mol. The Bertz CT molecular complexity index is 636. The molecule has 1 aromatic carbocycles. The minimum Gasteiger partial charge on any atom is -0.481 e. The molecule has 0 saturated heterocycles. The van der Waals surface area contributed by atoms with Gasteiger partial charge in [0.25, 0.3) is 0 Å². The third kappa shape index (κ3) is 2.67. The molecule has 2 rings (SSSR count). The molecule has 2 aromatic rings. The molecule has 0 saturated carbocycles. The fourth-order valence-electron chi connectivity index (χ4n) is 1.39. The van der Waals surface area contributed by atoms with Crippen LogP contribution in [0.15, 0.2) is 18.2 Å². The van der Waals surface area contributed by atoms with E-state index in [0.717, 1.165) is 0 Å². The molecule has 0 bridgehead atoms. The molecule has 106 valence electrons. The largest absolute Gasteiger partial charge is 0.481 e. The van der Waals surface area contributed by atoms with Crippen LogP contribution in [0, 0.1) is 29.1 Å². The lowest BCUT2D eigenvalue weighted by Gasteiger charge is -2.10. The Morgan fingerprint density at radius 2 is 1.45 bits per heavy atom. The molecule has 1 heterocycles. The van der Waals surface area contributed by atoms with Crippen LogP contribution in [0.25, 0.3) is 0 Å². The van der Waals surface area contributed by atoms with E-state index in [1.807, 2.05) is 0 Å². The molecule has 2 nitrogen and oxygen atoms in total. The van der Waals surface area contributed by atoms with Crippen molar-refractivity contribution >= 4 is 11.6 Å². The molecule has 0 aliphatic rings. The molecule has 0 spiro atoms. The van der Waals surface area contributed by atoms with Crippen LogP contribution in [0.2, 0.25) is 5.15 Å². The van der Waals surface area contributed by atoms with Crippen LogP contribution < -0.4 is 4.74 Å². The maximum absolute atomic E-state index is 13.3. The lowest BCUT2D eigenvalue weighted by atomic mass is 10.2. The molecule has 0 atom stereocenters. The summed E-state index contributed by atoms with van der Waals surface area (Å²) in [6.07, 6.45) is 0. The van der Waals surface area contributed by atoms with Crippen LogP contribution in [0.4, 0.5) is 22.0 Å². The second-order valence-electron chi connectivity index (χ2n) is 3.64. The van der Waals surface area contributed by atoms with E-state index in [-0.39, 0.29) is 10.8 Å². The zero-order valence-electron chi connectivity index (χ0n) is 9.56. The Morgan fingerprint density at radius 3 is 2.00 bits per heavy atom. The first kappa shape index (κ1) is 14.5. The average molecular weight is 310 g/mol. The summed E-state index contributed by atoms with van der Waals surface area (Å²) in [5.41, 5.74) is 0.168. The maximum Gasteiger partial charge on any atom is 0.207 e. The van der Waals surface area contributed by atoms with Crippen molar-refractivity contribution in [1.29, 1.82) is 0 Å². The summed E-state index contributed by atoms with van der Waals surface area (Å²) >= 11 is 5.58. The first-order valence-corrected chi connectivity index (χ1v) is 5.55. The summed E-state index contributed by atoms with van der Waals surface area (Å²) < 4.78 is 69.8.